The molecule has 134 valence electrons. The first kappa shape index (κ1) is 18.3. The average Bonchev–Trinajstić information content (AvgIpc) is 2.59. The quantitative estimate of drug-likeness (QED) is 0.656. The van der Waals surface area contributed by atoms with Crippen molar-refractivity contribution < 1.29 is 13.9 Å². The van der Waals surface area contributed by atoms with Gasteiger partial charge in [-0.1, -0.05) is 29.3 Å². The highest BCUT2D eigenvalue weighted by atomic mass is 35.5. The Kier molecular flexibility index (Phi) is 5.49. The maximum absolute atomic E-state index is 12.1. The Balaban J connectivity index is 1.62. The van der Waals surface area contributed by atoms with E-state index < -0.39 is 5.63 Å². The lowest BCUT2D eigenvalue weighted by Crippen LogP contribution is -2.31. The standard InChI is InChI=1S/C19H15Cl2NO4/c1-11(15-6-4-13(20)8-16(15)21)22-18(23)10-25-14-5-2-12-3-7-19(24)26-17(12)9-14/h2-9,11H,10H2,1H3,(H,22,23)/t11-/m1/s1. The maximum Gasteiger partial charge on any atom is 0.336 e. The van der Waals surface area contributed by atoms with Crippen molar-refractivity contribution in [3.8, 4) is 5.75 Å². The minimum atomic E-state index is -0.443. The summed E-state index contributed by atoms with van der Waals surface area (Å²) < 4.78 is 10.6. The summed E-state index contributed by atoms with van der Waals surface area (Å²) in [6.45, 7) is 1.63. The third-order valence-electron chi connectivity index (χ3n) is 3.77. The number of benzene rings is 2. The van der Waals surface area contributed by atoms with Gasteiger partial charge in [-0.15, -0.1) is 0 Å². The molecule has 1 aromatic heterocycles. The summed E-state index contributed by atoms with van der Waals surface area (Å²) >= 11 is 12.0. The van der Waals surface area contributed by atoms with Gasteiger partial charge in [-0.3, -0.25) is 4.79 Å². The molecule has 0 aliphatic heterocycles. The largest absolute Gasteiger partial charge is 0.484 e. The van der Waals surface area contributed by atoms with Crippen LogP contribution in [0.3, 0.4) is 0 Å². The molecule has 7 heteroatoms. The lowest BCUT2D eigenvalue weighted by Gasteiger charge is -2.16. The lowest BCUT2D eigenvalue weighted by atomic mass is 10.1. The van der Waals surface area contributed by atoms with Crippen LogP contribution in [0.25, 0.3) is 11.0 Å². The number of carbonyl (C=O) groups is 1. The molecule has 0 saturated carbocycles. The Labute approximate surface area is 159 Å². The van der Waals surface area contributed by atoms with Gasteiger partial charge in [-0.05, 0) is 42.8 Å². The zero-order chi connectivity index (χ0) is 18.7. The summed E-state index contributed by atoms with van der Waals surface area (Å²) in [6, 6.07) is 12.8. The van der Waals surface area contributed by atoms with Crippen molar-refractivity contribution in [1.82, 2.24) is 5.32 Å². The number of nitrogens with one attached hydrogen (secondary N) is 1. The van der Waals surface area contributed by atoms with Crippen LogP contribution in [0.5, 0.6) is 5.75 Å². The summed E-state index contributed by atoms with van der Waals surface area (Å²) in [5, 5.41) is 4.59. The summed E-state index contributed by atoms with van der Waals surface area (Å²) in [7, 11) is 0. The van der Waals surface area contributed by atoms with Crippen LogP contribution in [-0.4, -0.2) is 12.5 Å². The van der Waals surface area contributed by atoms with Gasteiger partial charge in [-0.2, -0.15) is 0 Å². The fraction of sp³-hybridized carbons (Fsp3) is 0.158. The molecule has 0 spiro atoms. The molecule has 0 fully saturated rings. The number of amides is 1. The van der Waals surface area contributed by atoms with Crippen molar-refractivity contribution in [1.29, 1.82) is 0 Å². The van der Waals surface area contributed by atoms with Crippen molar-refractivity contribution in [2.45, 2.75) is 13.0 Å². The minimum absolute atomic E-state index is 0.182. The first-order valence-corrected chi connectivity index (χ1v) is 8.59. The Morgan fingerprint density at radius 2 is 1.92 bits per heavy atom. The lowest BCUT2D eigenvalue weighted by molar-refractivity contribution is -0.123. The van der Waals surface area contributed by atoms with E-state index in [2.05, 4.69) is 5.32 Å². The molecule has 0 aliphatic carbocycles. The van der Waals surface area contributed by atoms with Gasteiger partial charge in [0.1, 0.15) is 11.3 Å². The summed E-state index contributed by atoms with van der Waals surface area (Å²) in [5.74, 6) is 0.123. The molecule has 1 heterocycles. The molecule has 1 N–H and O–H groups in total. The van der Waals surface area contributed by atoms with Gasteiger partial charge in [0.25, 0.3) is 5.91 Å². The highest BCUT2D eigenvalue weighted by molar-refractivity contribution is 6.35. The average molecular weight is 392 g/mol. The van der Waals surface area contributed by atoms with E-state index in [0.29, 0.717) is 21.4 Å². The fourth-order valence-electron chi connectivity index (χ4n) is 2.49. The molecule has 3 rings (SSSR count). The first-order valence-electron chi connectivity index (χ1n) is 7.83. The van der Waals surface area contributed by atoms with Crippen LogP contribution >= 0.6 is 23.2 Å². The Morgan fingerprint density at radius 1 is 1.15 bits per heavy atom. The molecule has 0 bridgehead atoms. The van der Waals surface area contributed by atoms with E-state index in [1.165, 1.54) is 6.07 Å². The number of ether oxygens (including phenoxy) is 1. The van der Waals surface area contributed by atoms with E-state index in [-0.39, 0.29) is 18.6 Å². The van der Waals surface area contributed by atoms with Crippen molar-refractivity contribution >= 4 is 40.1 Å². The van der Waals surface area contributed by atoms with Gasteiger partial charge in [0.15, 0.2) is 6.61 Å². The second-order valence-corrected chi connectivity index (χ2v) is 6.54. The molecule has 2 aromatic carbocycles. The molecule has 3 aromatic rings. The van der Waals surface area contributed by atoms with Crippen molar-refractivity contribution in [3.05, 3.63) is 74.6 Å². The van der Waals surface area contributed by atoms with Crippen LogP contribution < -0.4 is 15.7 Å². The van der Waals surface area contributed by atoms with Crippen LogP contribution in [-0.2, 0) is 4.79 Å². The highest BCUT2D eigenvalue weighted by Gasteiger charge is 2.13. The van der Waals surface area contributed by atoms with E-state index in [0.717, 1.165) is 10.9 Å². The maximum atomic E-state index is 12.1. The predicted molar refractivity (Wildman–Crippen MR) is 101 cm³/mol. The molecule has 0 saturated heterocycles. The topological polar surface area (TPSA) is 68.5 Å². The molecule has 0 aliphatic rings. The number of hydrogen-bond acceptors (Lipinski definition) is 4. The van der Waals surface area contributed by atoms with Crippen molar-refractivity contribution in [2.75, 3.05) is 6.61 Å². The van der Waals surface area contributed by atoms with Crippen LogP contribution in [0.1, 0.15) is 18.5 Å². The predicted octanol–water partition coefficient (Wildman–Crippen LogP) is 4.36. The number of rotatable bonds is 5. The van der Waals surface area contributed by atoms with Gasteiger partial charge in [0, 0.05) is 27.6 Å². The highest BCUT2D eigenvalue weighted by Crippen LogP contribution is 2.26. The van der Waals surface area contributed by atoms with E-state index in [9.17, 15) is 9.59 Å². The van der Waals surface area contributed by atoms with Crippen LogP contribution in [0.15, 0.2) is 57.7 Å². The zero-order valence-corrected chi connectivity index (χ0v) is 15.3. The van der Waals surface area contributed by atoms with Gasteiger partial charge in [-0.25, -0.2) is 4.79 Å². The van der Waals surface area contributed by atoms with Crippen LogP contribution in [0.2, 0.25) is 10.0 Å². The second kappa shape index (κ2) is 7.81. The molecule has 0 radical (unpaired) electrons. The summed E-state index contributed by atoms with van der Waals surface area (Å²) in [6.07, 6.45) is 0. The van der Waals surface area contributed by atoms with Gasteiger partial charge in [0.2, 0.25) is 0 Å². The molecule has 1 atom stereocenters. The smallest absolute Gasteiger partial charge is 0.336 e. The van der Waals surface area contributed by atoms with Crippen LogP contribution in [0, 0.1) is 0 Å². The number of fused-ring (bicyclic) bond motifs is 1. The SMILES string of the molecule is C[C@@H](NC(=O)COc1ccc2ccc(=O)oc2c1)c1ccc(Cl)cc1Cl. The summed E-state index contributed by atoms with van der Waals surface area (Å²) in [5.41, 5.74) is 0.717. The Bertz CT molecular complexity index is 1020. The number of halogens is 2. The minimum Gasteiger partial charge on any atom is -0.484 e. The van der Waals surface area contributed by atoms with E-state index in [1.807, 2.05) is 6.92 Å². The third-order valence-corrected chi connectivity index (χ3v) is 4.33. The fourth-order valence-corrected chi connectivity index (χ4v) is 3.07. The normalized spacial score (nSPS) is 12.0. The summed E-state index contributed by atoms with van der Waals surface area (Å²) in [4.78, 5) is 23.4. The molecular weight excluding hydrogens is 377 g/mol. The zero-order valence-electron chi connectivity index (χ0n) is 13.8. The van der Waals surface area contributed by atoms with Gasteiger partial charge in [0.05, 0.1) is 6.04 Å². The number of carbonyl (C=O) groups excluding carboxylic acids is 1. The molecule has 26 heavy (non-hydrogen) atoms. The monoisotopic (exact) mass is 391 g/mol. The molecule has 1 amide bonds. The second-order valence-electron chi connectivity index (χ2n) is 5.70. The number of hydrogen-bond donors (Lipinski definition) is 1. The van der Waals surface area contributed by atoms with Crippen molar-refractivity contribution in [2.24, 2.45) is 0 Å². The van der Waals surface area contributed by atoms with E-state index in [4.69, 9.17) is 32.4 Å². The van der Waals surface area contributed by atoms with Crippen LogP contribution in [0.4, 0.5) is 0 Å². The van der Waals surface area contributed by atoms with E-state index >= 15 is 0 Å². The first-order chi connectivity index (χ1) is 12.4. The Morgan fingerprint density at radius 3 is 2.69 bits per heavy atom. The van der Waals surface area contributed by atoms with Gasteiger partial charge >= 0.3 is 5.63 Å². The molecule has 0 unspecified atom stereocenters. The van der Waals surface area contributed by atoms with Crippen molar-refractivity contribution in [3.63, 3.8) is 0 Å². The molecular formula is C19H15Cl2NO4. The third kappa shape index (κ3) is 4.36. The van der Waals surface area contributed by atoms with E-state index in [1.54, 1.807) is 42.5 Å². The molecule has 5 nitrogen and oxygen atoms in total. The van der Waals surface area contributed by atoms with Gasteiger partial charge < -0.3 is 14.5 Å². The Hall–Kier alpha value is -2.50.